The largest absolute Gasteiger partial charge is 0.481 e. The molecule has 0 radical (unpaired) electrons. The van der Waals surface area contributed by atoms with E-state index in [1.54, 1.807) is 29.2 Å². The van der Waals surface area contributed by atoms with Gasteiger partial charge in [0.05, 0.1) is 17.0 Å². The van der Waals surface area contributed by atoms with Crippen molar-refractivity contribution < 1.29 is 14.7 Å². The van der Waals surface area contributed by atoms with Gasteiger partial charge in [-0.2, -0.15) is 5.26 Å². The van der Waals surface area contributed by atoms with Crippen molar-refractivity contribution in [2.24, 2.45) is 11.3 Å². The smallest absolute Gasteiger partial charge is 0.311 e. The van der Waals surface area contributed by atoms with Crippen molar-refractivity contribution in [3.05, 3.63) is 35.4 Å². The number of rotatable bonds is 3. The maximum atomic E-state index is 12.4. The van der Waals surface area contributed by atoms with Crippen LogP contribution in [0.25, 0.3) is 0 Å². The molecule has 1 aliphatic heterocycles. The summed E-state index contributed by atoms with van der Waals surface area (Å²) in [5.74, 6) is -1.05. The highest BCUT2D eigenvalue weighted by atomic mass is 16.4. The second-order valence-electron chi connectivity index (χ2n) is 5.78. The molecule has 1 aliphatic rings. The number of hydrogen-bond donors (Lipinski definition) is 1. The van der Waals surface area contributed by atoms with Crippen LogP contribution in [0.4, 0.5) is 0 Å². The Morgan fingerprint density at radius 3 is 2.38 bits per heavy atom. The zero-order chi connectivity index (χ0) is 15.6. The van der Waals surface area contributed by atoms with Crippen LogP contribution in [-0.4, -0.2) is 35.0 Å². The van der Waals surface area contributed by atoms with Gasteiger partial charge in [0.1, 0.15) is 0 Å². The Kier molecular flexibility index (Phi) is 3.99. The predicted molar refractivity (Wildman–Crippen MR) is 76.6 cm³/mol. The monoisotopic (exact) mass is 286 g/mol. The van der Waals surface area contributed by atoms with Crippen LogP contribution >= 0.6 is 0 Å². The molecule has 0 bridgehead atoms. The first-order chi connectivity index (χ1) is 9.90. The SMILES string of the molecule is CC(C)C1(C(=O)O)CCN(C(=O)c2ccc(C#N)cc2)C1. The Morgan fingerprint density at radius 2 is 1.95 bits per heavy atom. The Morgan fingerprint density at radius 1 is 1.33 bits per heavy atom. The van der Waals surface area contributed by atoms with E-state index >= 15 is 0 Å². The summed E-state index contributed by atoms with van der Waals surface area (Å²) in [6.07, 6.45) is 0.474. The van der Waals surface area contributed by atoms with Crippen LogP contribution in [0.2, 0.25) is 0 Å². The third-order valence-electron chi connectivity index (χ3n) is 4.38. The van der Waals surface area contributed by atoms with Crippen LogP contribution in [0, 0.1) is 22.7 Å². The van der Waals surface area contributed by atoms with E-state index in [1.807, 2.05) is 19.9 Å². The van der Waals surface area contributed by atoms with E-state index in [1.165, 1.54) is 0 Å². The molecule has 21 heavy (non-hydrogen) atoms. The summed E-state index contributed by atoms with van der Waals surface area (Å²) in [6, 6.07) is 8.41. The van der Waals surface area contributed by atoms with E-state index in [0.29, 0.717) is 24.1 Å². The van der Waals surface area contributed by atoms with Gasteiger partial charge in [0, 0.05) is 18.7 Å². The maximum Gasteiger partial charge on any atom is 0.311 e. The molecule has 110 valence electrons. The summed E-state index contributed by atoms with van der Waals surface area (Å²) in [5, 5.41) is 18.3. The Balaban J connectivity index is 2.18. The molecule has 0 saturated carbocycles. The van der Waals surface area contributed by atoms with Gasteiger partial charge in [-0.05, 0) is 36.6 Å². The van der Waals surface area contributed by atoms with Crippen LogP contribution in [0.5, 0.6) is 0 Å². The normalized spacial score (nSPS) is 21.3. The molecule has 1 unspecified atom stereocenters. The predicted octanol–water partition coefficient (Wildman–Crippen LogP) is 2.13. The van der Waals surface area contributed by atoms with Crippen molar-refractivity contribution in [1.29, 1.82) is 5.26 Å². The minimum Gasteiger partial charge on any atom is -0.481 e. The third kappa shape index (κ3) is 2.62. The minimum atomic E-state index is -0.859. The molecule has 1 aromatic rings. The summed E-state index contributed by atoms with van der Waals surface area (Å²) in [7, 11) is 0. The summed E-state index contributed by atoms with van der Waals surface area (Å²) >= 11 is 0. The van der Waals surface area contributed by atoms with Gasteiger partial charge in [-0.3, -0.25) is 9.59 Å². The van der Waals surface area contributed by atoms with Crippen molar-refractivity contribution >= 4 is 11.9 Å². The van der Waals surface area contributed by atoms with Crippen LogP contribution in [-0.2, 0) is 4.79 Å². The third-order valence-corrected chi connectivity index (χ3v) is 4.38. The number of carboxylic acid groups (broad SMARTS) is 1. The van der Waals surface area contributed by atoms with Gasteiger partial charge in [0.25, 0.3) is 5.91 Å². The van der Waals surface area contributed by atoms with E-state index < -0.39 is 11.4 Å². The number of carbonyl (C=O) groups is 2. The molecule has 1 atom stereocenters. The number of aliphatic carboxylic acids is 1. The molecule has 1 amide bonds. The van der Waals surface area contributed by atoms with Crippen LogP contribution in [0.3, 0.4) is 0 Å². The van der Waals surface area contributed by atoms with Crippen molar-refractivity contribution in [2.75, 3.05) is 13.1 Å². The molecule has 1 fully saturated rings. The first-order valence-corrected chi connectivity index (χ1v) is 6.93. The number of nitrogens with zero attached hydrogens (tertiary/aromatic N) is 2. The Bertz CT molecular complexity index is 601. The summed E-state index contributed by atoms with van der Waals surface area (Å²) < 4.78 is 0. The van der Waals surface area contributed by atoms with Gasteiger partial charge in [0.2, 0.25) is 0 Å². The first-order valence-electron chi connectivity index (χ1n) is 6.93. The van der Waals surface area contributed by atoms with Crippen LogP contribution in [0.1, 0.15) is 36.2 Å². The zero-order valence-electron chi connectivity index (χ0n) is 12.2. The molecule has 0 aliphatic carbocycles. The van der Waals surface area contributed by atoms with E-state index in [-0.39, 0.29) is 18.4 Å². The number of nitriles is 1. The highest BCUT2D eigenvalue weighted by Gasteiger charge is 2.48. The van der Waals surface area contributed by atoms with Crippen molar-refractivity contribution in [2.45, 2.75) is 20.3 Å². The van der Waals surface area contributed by atoms with Gasteiger partial charge in [-0.1, -0.05) is 13.8 Å². The Labute approximate surface area is 123 Å². The first kappa shape index (κ1) is 15.0. The molecule has 5 nitrogen and oxygen atoms in total. The standard InChI is InChI=1S/C16H18N2O3/c1-11(2)16(15(20)21)7-8-18(10-16)14(19)13-5-3-12(9-17)4-6-13/h3-6,11H,7-8,10H2,1-2H3,(H,20,21). The average Bonchev–Trinajstić information content (AvgIpc) is 2.93. The number of hydrogen-bond acceptors (Lipinski definition) is 3. The molecular weight excluding hydrogens is 268 g/mol. The van der Waals surface area contributed by atoms with Crippen LogP contribution in [0.15, 0.2) is 24.3 Å². The number of carbonyl (C=O) groups excluding carboxylic acids is 1. The second kappa shape index (κ2) is 5.57. The van der Waals surface area contributed by atoms with Gasteiger partial charge in [-0.25, -0.2) is 0 Å². The zero-order valence-corrected chi connectivity index (χ0v) is 12.2. The highest BCUT2D eigenvalue weighted by molar-refractivity contribution is 5.95. The lowest BCUT2D eigenvalue weighted by atomic mass is 9.76. The van der Waals surface area contributed by atoms with Crippen molar-refractivity contribution in [1.82, 2.24) is 4.90 Å². The Hall–Kier alpha value is -2.35. The molecule has 0 spiro atoms. The summed E-state index contributed by atoms with van der Waals surface area (Å²) in [4.78, 5) is 25.6. The highest BCUT2D eigenvalue weighted by Crippen LogP contribution is 2.38. The minimum absolute atomic E-state index is 0.0336. The van der Waals surface area contributed by atoms with Gasteiger partial charge < -0.3 is 10.0 Å². The molecule has 1 saturated heterocycles. The molecule has 5 heteroatoms. The lowest BCUT2D eigenvalue weighted by Gasteiger charge is -2.28. The van der Waals surface area contributed by atoms with Crippen molar-refractivity contribution in [3.63, 3.8) is 0 Å². The fourth-order valence-electron chi connectivity index (χ4n) is 2.77. The molecular formula is C16H18N2O3. The molecule has 1 N–H and O–H groups in total. The average molecular weight is 286 g/mol. The molecule has 1 heterocycles. The number of likely N-dealkylation sites (tertiary alicyclic amines) is 1. The lowest BCUT2D eigenvalue weighted by molar-refractivity contribution is -0.150. The van der Waals surface area contributed by atoms with E-state index in [2.05, 4.69) is 0 Å². The molecule has 2 rings (SSSR count). The summed E-state index contributed by atoms with van der Waals surface area (Å²) in [5.41, 5.74) is 0.122. The lowest BCUT2D eigenvalue weighted by Crippen LogP contribution is -2.40. The number of benzene rings is 1. The van der Waals surface area contributed by atoms with E-state index in [9.17, 15) is 14.7 Å². The maximum absolute atomic E-state index is 12.4. The van der Waals surface area contributed by atoms with E-state index in [0.717, 1.165) is 0 Å². The van der Waals surface area contributed by atoms with Crippen LogP contribution < -0.4 is 0 Å². The van der Waals surface area contributed by atoms with Gasteiger partial charge >= 0.3 is 5.97 Å². The summed E-state index contributed by atoms with van der Waals surface area (Å²) in [6.45, 7) is 4.44. The topological polar surface area (TPSA) is 81.4 Å². The van der Waals surface area contributed by atoms with Gasteiger partial charge in [0.15, 0.2) is 0 Å². The fourth-order valence-corrected chi connectivity index (χ4v) is 2.77. The van der Waals surface area contributed by atoms with E-state index in [4.69, 9.17) is 5.26 Å². The fraction of sp³-hybridized carbons (Fsp3) is 0.438. The molecule has 1 aromatic carbocycles. The molecule has 0 aromatic heterocycles. The second-order valence-corrected chi connectivity index (χ2v) is 5.78. The van der Waals surface area contributed by atoms with Crippen molar-refractivity contribution in [3.8, 4) is 6.07 Å². The number of amides is 1. The quantitative estimate of drug-likeness (QED) is 0.923. The van der Waals surface area contributed by atoms with Gasteiger partial charge in [-0.15, -0.1) is 0 Å². The number of carboxylic acids is 1.